The number of hydrogen-bond donors (Lipinski definition) is 1. The molecule has 0 aromatic carbocycles. The first-order valence-corrected chi connectivity index (χ1v) is 10.4. The first-order valence-electron chi connectivity index (χ1n) is 10.4. The van der Waals surface area contributed by atoms with Gasteiger partial charge < -0.3 is 14.7 Å². The molecule has 31 heavy (non-hydrogen) atoms. The second-order valence-corrected chi connectivity index (χ2v) is 7.80. The van der Waals surface area contributed by atoms with Crippen LogP contribution >= 0.6 is 0 Å². The largest absolute Gasteiger partial charge is 0.343 e. The molecule has 8 nitrogen and oxygen atoms in total. The van der Waals surface area contributed by atoms with Gasteiger partial charge in [0.1, 0.15) is 11.6 Å². The Morgan fingerprint density at radius 1 is 1.23 bits per heavy atom. The summed E-state index contributed by atoms with van der Waals surface area (Å²) in [7, 11) is 0. The predicted molar refractivity (Wildman–Crippen MR) is 112 cm³/mol. The smallest absolute Gasteiger partial charge is 0.227 e. The highest BCUT2D eigenvalue weighted by molar-refractivity contribution is 5.76. The standard InChI is InChI=1S/C22H25FN6O2/c1-14-11-18(27-20-4-3-17(23)13-24-20)12-19(25-14)16-7-9-29(10-8-16)22(30)6-5-21-26-15(2)28-31-21/h3-4,11-13,16H,5-10H2,1-2H3,(H,24,25,27). The highest BCUT2D eigenvalue weighted by atomic mass is 19.1. The van der Waals surface area contributed by atoms with Crippen molar-refractivity contribution in [3.8, 4) is 0 Å². The maximum atomic E-state index is 13.1. The van der Waals surface area contributed by atoms with Crippen LogP contribution in [0.15, 0.2) is 35.0 Å². The summed E-state index contributed by atoms with van der Waals surface area (Å²) in [5, 5.41) is 6.96. The number of anilines is 2. The second-order valence-electron chi connectivity index (χ2n) is 7.80. The molecule has 1 N–H and O–H groups in total. The SMILES string of the molecule is Cc1cc(Nc2ccc(F)cn2)cc(C2CCN(C(=O)CCc3nc(C)no3)CC2)n1. The zero-order valence-electron chi connectivity index (χ0n) is 17.6. The van der Waals surface area contributed by atoms with Crippen molar-refractivity contribution >= 4 is 17.4 Å². The van der Waals surface area contributed by atoms with Crippen LogP contribution in [-0.2, 0) is 11.2 Å². The Morgan fingerprint density at radius 3 is 2.71 bits per heavy atom. The Bertz CT molecular complexity index is 1040. The summed E-state index contributed by atoms with van der Waals surface area (Å²) in [6.45, 7) is 5.11. The van der Waals surface area contributed by atoms with E-state index in [-0.39, 0.29) is 17.6 Å². The first kappa shape index (κ1) is 20.9. The zero-order valence-corrected chi connectivity index (χ0v) is 17.6. The van der Waals surface area contributed by atoms with E-state index in [9.17, 15) is 9.18 Å². The van der Waals surface area contributed by atoms with Gasteiger partial charge in [-0.2, -0.15) is 4.98 Å². The second kappa shape index (κ2) is 9.20. The monoisotopic (exact) mass is 424 g/mol. The molecule has 1 amide bonds. The lowest BCUT2D eigenvalue weighted by Crippen LogP contribution is -2.38. The molecule has 0 spiro atoms. The highest BCUT2D eigenvalue weighted by Gasteiger charge is 2.25. The molecule has 0 bridgehead atoms. The van der Waals surface area contributed by atoms with Crippen molar-refractivity contribution in [2.45, 2.75) is 45.4 Å². The van der Waals surface area contributed by atoms with Gasteiger partial charge >= 0.3 is 0 Å². The number of aryl methyl sites for hydroxylation is 3. The predicted octanol–water partition coefficient (Wildman–Crippen LogP) is 3.70. The summed E-state index contributed by atoms with van der Waals surface area (Å²) in [5.41, 5.74) is 2.77. The van der Waals surface area contributed by atoms with E-state index < -0.39 is 0 Å². The fourth-order valence-corrected chi connectivity index (χ4v) is 3.81. The maximum absolute atomic E-state index is 13.1. The lowest BCUT2D eigenvalue weighted by Gasteiger charge is -2.32. The number of carbonyl (C=O) groups excluding carboxylic acids is 1. The van der Waals surface area contributed by atoms with Crippen molar-refractivity contribution in [1.29, 1.82) is 0 Å². The normalized spacial score (nSPS) is 14.6. The Balaban J connectivity index is 1.34. The number of pyridine rings is 2. The summed E-state index contributed by atoms with van der Waals surface area (Å²) in [6.07, 6.45) is 3.73. The third-order valence-corrected chi connectivity index (χ3v) is 5.36. The molecule has 3 aromatic heterocycles. The number of halogens is 1. The van der Waals surface area contributed by atoms with Crippen LogP contribution in [0.4, 0.5) is 15.9 Å². The number of rotatable bonds is 6. The molecule has 1 saturated heterocycles. The maximum Gasteiger partial charge on any atom is 0.227 e. The number of nitrogens with zero attached hydrogens (tertiary/aromatic N) is 5. The summed E-state index contributed by atoms with van der Waals surface area (Å²) in [4.78, 5) is 27.3. The average molecular weight is 424 g/mol. The molecule has 3 aromatic rings. The Hall–Kier alpha value is -3.36. The van der Waals surface area contributed by atoms with Gasteiger partial charge in [0.2, 0.25) is 11.8 Å². The van der Waals surface area contributed by atoms with Crippen LogP contribution in [0.2, 0.25) is 0 Å². The van der Waals surface area contributed by atoms with E-state index in [4.69, 9.17) is 9.51 Å². The quantitative estimate of drug-likeness (QED) is 0.644. The summed E-state index contributed by atoms with van der Waals surface area (Å²) in [6, 6.07) is 6.92. The molecule has 1 fully saturated rings. The molecule has 0 aliphatic carbocycles. The summed E-state index contributed by atoms with van der Waals surface area (Å²) in [5.74, 6) is 1.68. The molecule has 0 saturated carbocycles. The first-order chi connectivity index (χ1) is 15.0. The van der Waals surface area contributed by atoms with Crippen molar-refractivity contribution in [3.63, 3.8) is 0 Å². The molecule has 4 rings (SSSR count). The Kier molecular flexibility index (Phi) is 6.20. The lowest BCUT2D eigenvalue weighted by molar-refractivity contribution is -0.132. The topological polar surface area (TPSA) is 97.0 Å². The highest BCUT2D eigenvalue weighted by Crippen LogP contribution is 2.29. The third-order valence-electron chi connectivity index (χ3n) is 5.36. The molecular weight excluding hydrogens is 399 g/mol. The third kappa shape index (κ3) is 5.42. The number of carbonyl (C=O) groups is 1. The van der Waals surface area contributed by atoms with Gasteiger partial charge in [-0.15, -0.1) is 0 Å². The van der Waals surface area contributed by atoms with Crippen molar-refractivity contribution in [2.75, 3.05) is 18.4 Å². The van der Waals surface area contributed by atoms with E-state index in [1.54, 1.807) is 13.0 Å². The minimum atomic E-state index is -0.370. The van der Waals surface area contributed by atoms with Crippen LogP contribution in [0, 0.1) is 19.7 Å². The fraction of sp³-hybridized carbons (Fsp3) is 0.409. The number of piperidine rings is 1. The van der Waals surface area contributed by atoms with Gasteiger partial charge in [0.05, 0.1) is 6.20 Å². The number of hydrogen-bond acceptors (Lipinski definition) is 7. The van der Waals surface area contributed by atoms with Gasteiger partial charge in [0.15, 0.2) is 5.82 Å². The molecule has 1 aliphatic heterocycles. The Labute approximate surface area is 179 Å². The molecule has 4 heterocycles. The fourth-order valence-electron chi connectivity index (χ4n) is 3.81. The van der Waals surface area contributed by atoms with Crippen LogP contribution in [0.1, 0.15) is 48.3 Å². The molecule has 0 unspecified atom stereocenters. The molecule has 0 atom stereocenters. The van der Waals surface area contributed by atoms with Gasteiger partial charge in [-0.3, -0.25) is 9.78 Å². The number of aromatic nitrogens is 4. The number of amides is 1. The van der Waals surface area contributed by atoms with Crippen LogP contribution in [0.3, 0.4) is 0 Å². The van der Waals surface area contributed by atoms with Crippen LogP contribution in [0.5, 0.6) is 0 Å². The van der Waals surface area contributed by atoms with E-state index in [1.807, 2.05) is 24.0 Å². The molecule has 9 heteroatoms. The summed E-state index contributed by atoms with van der Waals surface area (Å²) < 4.78 is 18.2. The van der Waals surface area contributed by atoms with Gasteiger partial charge in [-0.1, -0.05) is 5.16 Å². The van der Waals surface area contributed by atoms with E-state index >= 15 is 0 Å². The van der Waals surface area contributed by atoms with E-state index in [2.05, 4.69) is 20.4 Å². The zero-order chi connectivity index (χ0) is 21.8. The lowest BCUT2D eigenvalue weighted by atomic mass is 9.92. The minimum absolute atomic E-state index is 0.108. The van der Waals surface area contributed by atoms with Crippen molar-refractivity contribution in [2.24, 2.45) is 0 Å². The van der Waals surface area contributed by atoms with Gasteiger partial charge in [-0.25, -0.2) is 9.37 Å². The van der Waals surface area contributed by atoms with Crippen LogP contribution in [0.25, 0.3) is 0 Å². The van der Waals surface area contributed by atoms with E-state index in [1.165, 1.54) is 12.3 Å². The van der Waals surface area contributed by atoms with Crippen LogP contribution < -0.4 is 5.32 Å². The van der Waals surface area contributed by atoms with Crippen LogP contribution in [-0.4, -0.2) is 44.0 Å². The van der Waals surface area contributed by atoms with Crippen molar-refractivity contribution in [1.82, 2.24) is 25.0 Å². The average Bonchev–Trinajstić information content (AvgIpc) is 3.18. The van der Waals surface area contributed by atoms with E-state index in [0.717, 1.165) is 29.9 Å². The molecule has 1 aliphatic rings. The van der Waals surface area contributed by atoms with Crippen molar-refractivity contribution < 1.29 is 13.7 Å². The summed E-state index contributed by atoms with van der Waals surface area (Å²) >= 11 is 0. The van der Waals surface area contributed by atoms with Crippen molar-refractivity contribution in [3.05, 3.63) is 59.4 Å². The van der Waals surface area contributed by atoms with Gasteiger partial charge in [0, 0.05) is 48.9 Å². The van der Waals surface area contributed by atoms with Gasteiger partial charge in [0.25, 0.3) is 0 Å². The number of nitrogens with one attached hydrogen (secondary N) is 1. The molecule has 162 valence electrons. The molecular formula is C22H25FN6O2. The molecule has 0 radical (unpaired) electrons. The van der Waals surface area contributed by atoms with Gasteiger partial charge in [-0.05, 0) is 51.0 Å². The number of likely N-dealkylation sites (tertiary alicyclic amines) is 1. The minimum Gasteiger partial charge on any atom is -0.343 e. The van der Waals surface area contributed by atoms with E-state index in [0.29, 0.717) is 43.5 Å². The Morgan fingerprint density at radius 2 is 2.03 bits per heavy atom.